The highest BCUT2D eigenvalue weighted by Gasteiger charge is 2.15. The molecule has 2 aromatic rings. The van der Waals surface area contributed by atoms with E-state index in [1.54, 1.807) is 6.07 Å². The van der Waals surface area contributed by atoms with Gasteiger partial charge in [0.2, 0.25) is 5.91 Å². The predicted molar refractivity (Wildman–Crippen MR) is 81.6 cm³/mol. The summed E-state index contributed by atoms with van der Waals surface area (Å²) in [6, 6.07) is 7.54. The fourth-order valence-corrected chi connectivity index (χ4v) is 1.94. The van der Waals surface area contributed by atoms with Gasteiger partial charge in [0.25, 0.3) is 5.91 Å². The van der Waals surface area contributed by atoms with Crippen molar-refractivity contribution in [3.8, 4) is 5.75 Å². The first-order valence-electron chi connectivity index (χ1n) is 6.62. The molecule has 5 nitrogen and oxygen atoms in total. The minimum Gasteiger partial charge on any atom is -0.496 e. The normalized spacial score (nSPS) is 10.1. The zero-order valence-electron chi connectivity index (χ0n) is 12.4. The molecule has 0 aliphatic rings. The fourth-order valence-electron chi connectivity index (χ4n) is 1.94. The van der Waals surface area contributed by atoms with Crippen LogP contribution in [0.5, 0.6) is 5.75 Å². The Bertz CT molecular complexity index is 763. The molecule has 2 aromatic carbocycles. The Morgan fingerprint density at radius 2 is 1.61 bits per heavy atom. The topological polar surface area (TPSA) is 67.4 Å². The van der Waals surface area contributed by atoms with Gasteiger partial charge in [0.15, 0.2) is 11.6 Å². The highest BCUT2D eigenvalue weighted by Crippen LogP contribution is 2.24. The van der Waals surface area contributed by atoms with Crippen LogP contribution in [0.3, 0.4) is 0 Å². The summed E-state index contributed by atoms with van der Waals surface area (Å²) in [7, 11) is 1.39. The molecule has 0 saturated carbocycles. The molecule has 23 heavy (non-hydrogen) atoms. The van der Waals surface area contributed by atoms with Gasteiger partial charge in [-0.3, -0.25) is 9.59 Å². The Hall–Kier alpha value is -2.96. The molecule has 0 saturated heterocycles. The van der Waals surface area contributed by atoms with Gasteiger partial charge in [-0.2, -0.15) is 0 Å². The number of benzene rings is 2. The predicted octanol–water partition coefficient (Wildman–Crippen LogP) is 3.18. The number of carbonyl (C=O) groups is 2. The van der Waals surface area contributed by atoms with Crippen molar-refractivity contribution in [2.24, 2.45) is 0 Å². The van der Waals surface area contributed by atoms with E-state index >= 15 is 0 Å². The summed E-state index contributed by atoms with van der Waals surface area (Å²) in [5.41, 5.74) is 0.651. The molecule has 0 unspecified atom stereocenters. The van der Waals surface area contributed by atoms with E-state index in [2.05, 4.69) is 10.6 Å². The number of amides is 2. The van der Waals surface area contributed by atoms with Crippen molar-refractivity contribution < 1.29 is 23.1 Å². The van der Waals surface area contributed by atoms with Crippen LogP contribution >= 0.6 is 0 Å². The summed E-state index contributed by atoms with van der Waals surface area (Å²) in [4.78, 5) is 23.4. The second-order valence-electron chi connectivity index (χ2n) is 4.68. The highest BCUT2D eigenvalue weighted by atomic mass is 19.2. The first-order valence-corrected chi connectivity index (χ1v) is 6.62. The lowest BCUT2D eigenvalue weighted by Crippen LogP contribution is -2.14. The Morgan fingerprint density at radius 1 is 0.957 bits per heavy atom. The molecular formula is C16H14F2N2O3. The summed E-state index contributed by atoms with van der Waals surface area (Å²) in [6.45, 7) is 1.34. The van der Waals surface area contributed by atoms with E-state index in [4.69, 9.17) is 4.74 Å². The number of halogens is 2. The van der Waals surface area contributed by atoms with E-state index in [0.717, 1.165) is 12.1 Å². The van der Waals surface area contributed by atoms with Crippen LogP contribution in [0.2, 0.25) is 0 Å². The van der Waals surface area contributed by atoms with Crippen LogP contribution in [0.25, 0.3) is 0 Å². The van der Waals surface area contributed by atoms with Crippen LogP contribution in [0.4, 0.5) is 20.2 Å². The summed E-state index contributed by atoms with van der Waals surface area (Å²) in [6.07, 6.45) is 0. The van der Waals surface area contributed by atoms with Crippen molar-refractivity contribution in [3.63, 3.8) is 0 Å². The molecule has 0 heterocycles. The van der Waals surface area contributed by atoms with Crippen LogP contribution in [-0.2, 0) is 4.79 Å². The Morgan fingerprint density at radius 3 is 2.22 bits per heavy atom. The van der Waals surface area contributed by atoms with Gasteiger partial charge in [0.1, 0.15) is 5.75 Å². The maximum absolute atomic E-state index is 13.2. The second-order valence-corrected chi connectivity index (χ2v) is 4.68. The van der Waals surface area contributed by atoms with E-state index in [1.165, 1.54) is 32.2 Å². The van der Waals surface area contributed by atoms with Gasteiger partial charge in [-0.05, 0) is 30.3 Å². The molecule has 0 radical (unpaired) electrons. The molecule has 0 fully saturated rings. The average molecular weight is 320 g/mol. The molecule has 7 heteroatoms. The second kappa shape index (κ2) is 6.87. The molecule has 2 N–H and O–H groups in total. The van der Waals surface area contributed by atoms with Gasteiger partial charge in [-0.15, -0.1) is 0 Å². The highest BCUT2D eigenvalue weighted by molar-refractivity contribution is 6.07. The van der Waals surface area contributed by atoms with Crippen molar-refractivity contribution in [2.75, 3.05) is 17.7 Å². The number of nitrogens with one attached hydrogen (secondary N) is 2. The van der Waals surface area contributed by atoms with Crippen molar-refractivity contribution in [1.82, 2.24) is 0 Å². The van der Waals surface area contributed by atoms with Crippen LogP contribution in [0, 0.1) is 11.6 Å². The molecule has 0 aromatic heterocycles. The number of hydrogen-bond acceptors (Lipinski definition) is 3. The largest absolute Gasteiger partial charge is 0.496 e. The summed E-state index contributed by atoms with van der Waals surface area (Å²) in [5.74, 6) is -2.67. The number of methoxy groups -OCH3 is 1. The molecule has 120 valence electrons. The fraction of sp³-hybridized carbons (Fsp3) is 0.125. The smallest absolute Gasteiger partial charge is 0.259 e. The van der Waals surface area contributed by atoms with Gasteiger partial charge >= 0.3 is 0 Å². The number of anilines is 2. The minimum atomic E-state index is -1.07. The summed E-state index contributed by atoms with van der Waals surface area (Å²) < 4.78 is 31.2. The van der Waals surface area contributed by atoms with Gasteiger partial charge in [0, 0.05) is 24.4 Å². The van der Waals surface area contributed by atoms with Gasteiger partial charge in [-0.1, -0.05) is 0 Å². The SMILES string of the molecule is COc1ccc(NC(C)=O)cc1C(=O)Nc1ccc(F)c(F)c1. The van der Waals surface area contributed by atoms with Crippen molar-refractivity contribution in [2.45, 2.75) is 6.92 Å². The van der Waals surface area contributed by atoms with E-state index < -0.39 is 17.5 Å². The van der Waals surface area contributed by atoms with E-state index in [1.807, 2.05) is 0 Å². The molecule has 0 bridgehead atoms. The quantitative estimate of drug-likeness (QED) is 0.909. The summed E-state index contributed by atoms with van der Waals surface area (Å²) in [5, 5.41) is 4.99. The maximum Gasteiger partial charge on any atom is 0.259 e. The average Bonchev–Trinajstić information content (AvgIpc) is 2.50. The number of rotatable bonds is 4. The Labute approximate surface area is 131 Å². The zero-order valence-corrected chi connectivity index (χ0v) is 12.4. The summed E-state index contributed by atoms with van der Waals surface area (Å²) >= 11 is 0. The van der Waals surface area contributed by atoms with Crippen LogP contribution in [-0.4, -0.2) is 18.9 Å². The third-order valence-corrected chi connectivity index (χ3v) is 2.94. The number of ether oxygens (including phenoxy) is 1. The Balaban J connectivity index is 2.29. The van der Waals surface area contributed by atoms with E-state index in [-0.39, 0.29) is 22.9 Å². The van der Waals surface area contributed by atoms with Crippen LogP contribution in [0.15, 0.2) is 36.4 Å². The number of hydrogen-bond donors (Lipinski definition) is 2. The maximum atomic E-state index is 13.2. The number of carbonyl (C=O) groups excluding carboxylic acids is 2. The van der Waals surface area contributed by atoms with Gasteiger partial charge in [-0.25, -0.2) is 8.78 Å². The molecule has 2 rings (SSSR count). The van der Waals surface area contributed by atoms with Crippen LogP contribution in [0.1, 0.15) is 17.3 Å². The lowest BCUT2D eigenvalue weighted by molar-refractivity contribution is -0.114. The van der Waals surface area contributed by atoms with E-state index in [0.29, 0.717) is 5.69 Å². The molecule has 0 spiro atoms. The van der Waals surface area contributed by atoms with Gasteiger partial charge < -0.3 is 15.4 Å². The van der Waals surface area contributed by atoms with Gasteiger partial charge in [0.05, 0.1) is 12.7 Å². The Kier molecular flexibility index (Phi) is 4.90. The molecule has 2 amide bonds. The van der Waals surface area contributed by atoms with Crippen LogP contribution < -0.4 is 15.4 Å². The molecule has 0 aliphatic carbocycles. The lowest BCUT2D eigenvalue weighted by Gasteiger charge is -2.11. The van der Waals surface area contributed by atoms with Crippen molar-refractivity contribution >= 4 is 23.2 Å². The molecule has 0 atom stereocenters. The minimum absolute atomic E-state index is 0.0980. The molecule has 0 aliphatic heterocycles. The lowest BCUT2D eigenvalue weighted by atomic mass is 10.1. The molecular weight excluding hydrogens is 306 g/mol. The monoisotopic (exact) mass is 320 g/mol. The van der Waals surface area contributed by atoms with Crippen molar-refractivity contribution in [1.29, 1.82) is 0 Å². The third-order valence-electron chi connectivity index (χ3n) is 2.94. The first-order chi connectivity index (χ1) is 10.9. The zero-order chi connectivity index (χ0) is 17.0. The first kappa shape index (κ1) is 16.4. The standard InChI is InChI=1S/C16H14F2N2O3/c1-9(21)19-10-4-6-15(23-2)12(7-10)16(22)20-11-3-5-13(17)14(18)8-11/h3-8H,1-2H3,(H,19,21)(H,20,22). The van der Waals surface area contributed by atoms with E-state index in [9.17, 15) is 18.4 Å². The van der Waals surface area contributed by atoms with Crippen molar-refractivity contribution in [3.05, 3.63) is 53.6 Å². The third kappa shape index (κ3) is 4.03.